The van der Waals surface area contributed by atoms with Crippen LogP contribution in [0.1, 0.15) is 44.3 Å². The molecule has 1 fully saturated rings. The molecular weight excluding hydrogens is 238 g/mol. The van der Waals surface area contributed by atoms with Crippen molar-refractivity contribution in [3.05, 3.63) is 11.6 Å². The van der Waals surface area contributed by atoms with Crippen molar-refractivity contribution in [2.45, 2.75) is 64.2 Å². The molecule has 0 amide bonds. The molecule has 19 heavy (non-hydrogen) atoms. The average molecular weight is 263 g/mol. The molecule has 1 atom stereocenters. The third-order valence-electron chi connectivity index (χ3n) is 4.48. The largest absolute Gasteiger partial charge is 0.314 e. The second-order valence-corrected chi connectivity index (χ2v) is 6.02. The van der Waals surface area contributed by atoms with Crippen molar-refractivity contribution in [1.29, 1.82) is 0 Å². The van der Waals surface area contributed by atoms with Crippen molar-refractivity contribution >= 4 is 0 Å². The Balaban J connectivity index is 1.48. The normalized spacial score (nSPS) is 20.6. The van der Waals surface area contributed by atoms with Crippen molar-refractivity contribution in [1.82, 2.24) is 25.0 Å². The average Bonchev–Trinajstić information content (AvgIpc) is 3.20. The summed E-state index contributed by atoms with van der Waals surface area (Å²) < 4.78 is 2.30. The molecule has 2 heterocycles. The second-order valence-electron chi connectivity index (χ2n) is 6.02. The van der Waals surface area contributed by atoms with Crippen LogP contribution in [-0.2, 0) is 19.5 Å². The number of nitrogens with zero attached hydrogens (tertiary/aromatic N) is 4. The molecule has 0 saturated heterocycles. The maximum absolute atomic E-state index is 4.32. The summed E-state index contributed by atoms with van der Waals surface area (Å²) in [5, 5.41) is 12.2. The van der Waals surface area contributed by atoms with Crippen molar-refractivity contribution in [2.75, 3.05) is 13.6 Å². The van der Waals surface area contributed by atoms with E-state index < -0.39 is 0 Å². The summed E-state index contributed by atoms with van der Waals surface area (Å²) in [6.07, 6.45) is 6.36. The maximum atomic E-state index is 4.32. The first-order valence-electron chi connectivity index (χ1n) is 7.59. The molecule has 1 unspecified atom stereocenters. The molecule has 2 aliphatic rings. The van der Waals surface area contributed by atoms with Crippen LogP contribution in [0.2, 0.25) is 0 Å². The lowest BCUT2D eigenvalue weighted by Crippen LogP contribution is -2.39. The first-order valence-corrected chi connectivity index (χ1v) is 7.59. The molecule has 5 nitrogen and oxygen atoms in total. The van der Waals surface area contributed by atoms with E-state index in [2.05, 4.69) is 39.0 Å². The number of nitrogens with one attached hydrogen (secondary N) is 1. The van der Waals surface area contributed by atoms with E-state index >= 15 is 0 Å². The van der Waals surface area contributed by atoms with Crippen molar-refractivity contribution in [3.63, 3.8) is 0 Å². The zero-order valence-corrected chi connectivity index (χ0v) is 12.1. The Morgan fingerprint density at radius 3 is 3.00 bits per heavy atom. The molecule has 0 spiro atoms. The molecule has 1 aromatic rings. The molecular formula is C14H25N5. The quantitative estimate of drug-likeness (QED) is 0.837. The van der Waals surface area contributed by atoms with Crippen LogP contribution in [0.25, 0.3) is 0 Å². The number of likely N-dealkylation sites (N-methyl/N-ethyl adjacent to an activating group) is 1. The number of hydrogen-bond donors (Lipinski definition) is 1. The highest BCUT2D eigenvalue weighted by molar-refractivity contribution is 4.98. The fourth-order valence-corrected chi connectivity index (χ4v) is 2.88. The van der Waals surface area contributed by atoms with Crippen molar-refractivity contribution in [3.8, 4) is 0 Å². The third-order valence-corrected chi connectivity index (χ3v) is 4.48. The molecule has 0 aromatic carbocycles. The van der Waals surface area contributed by atoms with Crippen LogP contribution in [-0.4, -0.2) is 45.3 Å². The first-order chi connectivity index (χ1) is 9.25. The Morgan fingerprint density at radius 2 is 2.21 bits per heavy atom. The molecule has 1 N–H and O–H groups in total. The Hall–Kier alpha value is -0.940. The van der Waals surface area contributed by atoms with E-state index in [1.165, 1.54) is 31.5 Å². The second kappa shape index (κ2) is 5.59. The van der Waals surface area contributed by atoms with Crippen molar-refractivity contribution in [2.24, 2.45) is 0 Å². The van der Waals surface area contributed by atoms with Gasteiger partial charge in [0, 0.05) is 31.6 Å². The molecule has 106 valence electrons. The molecule has 5 heteroatoms. The van der Waals surface area contributed by atoms with Gasteiger partial charge in [0.1, 0.15) is 11.6 Å². The Kier molecular flexibility index (Phi) is 3.84. The molecule has 3 rings (SSSR count). The first kappa shape index (κ1) is 13.1. The predicted octanol–water partition coefficient (Wildman–Crippen LogP) is 1.19. The zero-order valence-electron chi connectivity index (χ0n) is 12.1. The van der Waals surface area contributed by atoms with E-state index in [1.54, 1.807) is 0 Å². The fraction of sp³-hybridized carbons (Fsp3) is 0.857. The summed E-state index contributed by atoms with van der Waals surface area (Å²) in [6, 6.07) is 1.42. The Morgan fingerprint density at radius 1 is 1.37 bits per heavy atom. The SMILES string of the molecule is CC(CNCc1nnc2n1CCCC2)N(C)C1CC1. The minimum absolute atomic E-state index is 0.594. The summed E-state index contributed by atoms with van der Waals surface area (Å²) in [6.45, 7) is 5.26. The summed E-state index contributed by atoms with van der Waals surface area (Å²) in [7, 11) is 2.24. The lowest BCUT2D eigenvalue weighted by atomic mass is 10.2. The van der Waals surface area contributed by atoms with E-state index in [0.29, 0.717) is 6.04 Å². The van der Waals surface area contributed by atoms with Gasteiger partial charge >= 0.3 is 0 Å². The van der Waals surface area contributed by atoms with Gasteiger partial charge in [-0.25, -0.2) is 0 Å². The van der Waals surface area contributed by atoms with E-state index in [0.717, 1.165) is 37.9 Å². The summed E-state index contributed by atoms with van der Waals surface area (Å²) in [4.78, 5) is 2.49. The van der Waals surface area contributed by atoms with Crippen LogP contribution in [0.15, 0.2) is 0 Å². The Labute approximate surface area is 115 Å². The van der Waals surface area contributed by atoms with E-state index in [-0.39, 0.29) is 0 Å². The molecule has 0 radical (unpaired) electrons. The van der Waals surface area contributed by atoms with Gasteiger partial charge in [-0.15, -0.1) is 10.2 Å². The smallest absolute Gasteiger partial charge is 0.147 e. The molecule has 1 aliphatic heterocycles. The summed E-state index contributed by atoms with van der Waals surface area (Å²) in [5.74, 6) is 2.28. The van der Waals surface area contributed by atoms with Gasteiger partial charge in [0.15, 0.2) is 0 Å². The number of fused-ring (bicyclic) bond motifs is 1. The molecule has 1 aromatic heterocycles. The van der Waals surface area contributed by atoms with Crippen LogP contribution in [0, 0.1) is 0 Å². The lowest BCUT2D eigenvalue weighted by molar-refractivity contribution is 0.240. The molecule has 0 bridgehead atoms. The summed E-state index contributed by atoms with van der Waals surface area (Å²) >= 11 is 0. The summed E-state index contributed by atoms with van der Waals surface area (Å²) in [5.41, 5.74) is 0. The van der Waals surface area contributed by atoms with Gasteiger partial charge in [-0.2, -0.15) is 0 Å². The van der Waals surface area contributed by atoms with Crippen LogP contribution < -0.4 is 5.32 Å². The molecule has 1 aliphatic carbocycles. The topological polar surface area (TPSA) is 46.0 Å². The maximum Gasteiger partial charge on any atom is 0.147 e. The van der Waals surface area contributed by atoms with Gasteiger partial charge in [0.2, 0.25) is 0 Å². The van der Waals surface area contributed by atoms with E-state index in [9.17, 15) is 0 Å². The van der Waals surface area contributed by atoms with Crippen LogP contribution in [0.3, 0.4) is 0 Å². The van der Waals surface area contributed by atoms with Crippen LogP contribution in [0.5, 0.6) is 0 Å². The van der Waals surface area contributed by atoms with Gasteiger partial charge in [-0.3, -0.25) is 4.90 Å². The van der Waals surface area contributed by atoms with E-state index in [1.807, 2.05) is 0 Å². The highest BCUT2D eigenvalue weighted by Gasteiger charge is 2.28. The minimum atomic E-state index is 0.594. The lowest BCUT2D eigenvalue weighted by Gasteiger charge is -2.24. The van der Waals surface area contributed by atoms with Gasteiger partial charge < -0.3 is 9.88 Å². The number of hydrogen-bond acceptors (Lipinski definition) is 4. The highest BCUT2D eigenvalue weighted by atomic mass is 15.3. The fourth-order valence-electron chi connectivity index (χ4n) is 2.88. The third kappa shape index (κ3) is 2.98. The van der Waals surface area contributed by atoms with Crippen LogP contribution >= 0.6 is 0 Å². The van der Waals surface area contributed by atoms with Gasteiger partial charge in [0.05, 0.1) is 6.54 Å². The highest BCUT2D eigenvalue weighted by Crippen LogP contribution is 2.26. The number of aryl methyl sites for hydroxylation is 1. The predicted molar refractivity (Wildman–Crippen MR) is 74.9 cm³/mol. The molecule has 1 saturated carbocycles. The number of rotatable bonds is 6. The van der Waals surface area contributed by atoms with Crippen molar-refractivity contribution < 1.29 is 0 Å². The van der Waals surface area contributed by atoms with Gasteiger partial charge in [-0.1, -0.05) is 0 Å². The number of aromatic nitrogens is 3. The van der Waals surface area contributed by atoms with Gasteiger partial charge in [0.25, 0.3) is 0 Å². The minimum Gasteiger partial charge on any atom is -0.314 e. The van der Waals surface area contributed by atoms with Crippen LogP contribution in [0.4, 0.5) is 0 Å². The monoisotopic (exact) mass is 263 g/mol. The standard InChI is InChI=1S/C14H25N5/c1-11(18(2)12-6-7-12)9-15-10-14-17-16-13-5-3-4-8-19(13)14/h11-12,15H,3-10H2,1-2H3. The Bertz CT molecular complexity index is 423. The zero-order chi connectivity index (χ0) is 13.2. The van der Waals surface area contributed by atoms with E-state index in [4.69, 9.17) is 0 Å². The van der Waals surface area contributed by atoms with Gasteiger partial charge in [-0.05, 0) is 39.7 Å².